The minimum Gasteiger partial charge on any atom is -0.507 e. The first-order chi connectivity index (χ1) is 8.02. The topological polar surface area (TPSA) is 57.6 Å². The molecule has 1 aromatic carbocycles. The molecule has 4 nitrogen and oxygen atoms in total. The quantitative estimate of drug-likeness (QED) is 0.779. The number of hydrogen-bond donors (Lipinski definition) is 1. The highest BCUT2D eigenvalue weighted by atomic mass is 16.3. The number of carbonyl (C=O) groups is 2. The van der Waals surface area contributed by atoms with Crippen molar-refractivity contribution in [3.63, 3.8) is 0 Å². The van der Waals surface area contributed by atoms with Gasteiger partial charge in [-0.3, -0.25) is 9.59 Å². The van der Waals surface area contributed by atoms with Crippen LogP contribution >= 0.6 is 0 Å². The molecule has 17 heavy (non-hydrogen) atoms. The van der Waals surface area contributed by atoms with E-state index in [0.29, 0.717) is 5.56 Å². The number of fused-ring (bicyclic) bond motifs is 1. The molecular weight excluding hydrogens is 218 g/mol. The lowest BCUT2D eigenvalue weighted by molar-refractivity contribution is -0.112. The summed E-state index contributed by atoms with van der Waals surface area (Å²) >= 11 is 0. The van der Waals surface area contributed by atoms with Crippen molar-refractivity contribution in [2.24, 2.45) is 0 Å². The summed E-state index contributed by atoms with van der Waals surface area (Å²) in [7, 11) is 3.55. The predicted octanol–water partition coefficient (Wildman–Crippen LogP) is 1.28. The second-order valence-electron chi connectivity index (χ2n) is 4.27. The molecule has 0 amide bonds. The fourth-order valence-electron chi connectivity index (χ4n) is 1.88. The monoisotopic (exact) mass is 231 g/mol. The Labute approximate surface area is 99.2 Å². The second-order valence-corrected chi connectivity index (χ2v) is 4.27. The third-order valence-corrected chi connectivity index (χ3v) is 2.67. The minimum absolute atomic E-state index is 0.0844. The van der Waals surface area contributed by atoms with Gasteiger partial charge >= 0.3 is 0 Å². The molecule has 1 aliphatic carbocycles. The van der Waals surface area contributed by atoms with Gasteiger partial charge in [-0.05, 0) is 14.1 Å². The molecular formula is C13H13NO3. The molecule has 1 N–H and O–H groups in total. The maximum atomic E-state index is 11.8. The molecule has 0 fully saturated rings. The molecule has 0 spiro atoms. The molecule has 2 rings (SSSR count). The SMILES string of the molecule is CN(C)CC1=C(O)c2ccccc2C(=O)C1=O. The van der Waals surface area contributed by atoms with Crippen molar-refractivity contribution >= 4 is 17.3 Å². The average molecular weight is 231 g/mol. The summed E-state index contributed by atoms with van der Waals surface area (Å²) in [6.45, 7) is 0.255. The maximum Gasteiger partial charge on any atom is 0.234 e. The van der Waals surface area contributed by atoms with Crippen LogP contribution in [0.5, 0.6) is 0 Å². The molecule has 1 aliphatic rings. The first kappa shape index (κ1) is 11.5. The van der Waals surface area contributed by atoms with E-state index in [2.05, 4.69) is 0 Å². The van der Waals surface area contributed by atoms with Gasteiger partial charge in [0.05, 0.1) is 5.57 Å². The van der Waals surface area contributed by atoms with Crippen molar-refractivity contribution < 1.29 is 14.7 Å². The number of benzene rings is 1. The van der Waals surface area contributed by atoms with Crippen LogP contribution in [0.1, 0.15) is 15.9 Å². The highest BCUT2D eigenvalue weighted by Gasteiger charge is 2.32. The van der Waals surface area contributed by atoms with Gasteiger partial charge in [-0.15, -0.1) is 0 Å². The van der Waals surface area contributed by atoms with E-state index >= 15 is 0 Å². The largest absolute Gasteiger partial charge is 0.507 e. The zero-order valence-electron chi connectivity index (χ0n) is 9.73. The van der Waals surface area contributed by atoms with Gasteiger partial charge in [-0.1, -0.05) is 24.3 Å². The Balaban J connectivity index is 2.60. The number of hydrogen-bond acceptors (Lipinski definition) is 4. The zero-order valence-corrected chi connectivity index (χ0v) is 9.73. The smallest absolute Gasteiger partial charge is 0.234 e. The lowest BCUT2D eigenvalue weighted by atomic mass is 9.88. The molecule has 0 heterocycles. The van der Waals surface area contributed by atoms with E-state index < -0.39 is 11.6 Å². The first-order valence-electron chi connectivity index (χ1n) is 5.27. The summed E-state index contributed by atoms with van der Waals surface area (Å²) < 4.78 is 0. The van der Waals surface area contributed by atoms with Gasteiger partial charge in [0.15, 0.2) is 0 Å². The zero-order chi connectivity index (χ0) is 12.6. The standard InChI is InChI=1S/C13H13NO3/c1-14(2)7-10-11(15)8-5-3-4-6-9(8)12(16)13(10)17/h3-6,15H,7H2,1-2H3. The Bertz CT molecular complexity index is 529. The van der Waals surface area contributed by atoms with Crippen LogP contribution in [0.2, 0.25) is 0 Å². The predicted molar refractivity (Wildman–Crippen MR) is 63.9 cm³/mol. The Morgan fingerprint density at radius 3 is 2.24 bits per heavy atom. The first-order valence-corrected chi connectivity index (χ1v) is 5.27. The van der Waals surface area contributed by atoms with Gasteiger partial charge in [0.1, 0.15) is 5.76 Å². The number of aliphatic hydroxyl groups excluding tert-OH is 1. The molecule has 1 aromatic rings. The summed E-state index contributed by atoms with van der Waals surface area (Å²) in [6, 6.07) is 6.60. The van der Waals surface area contributed by atoms with Gasteiger partial charge in [-0.25, -0.2) is 0 Å². The third-order valence-electron chi connectivity index (χ3n) is 2.67. The number of rotatable bonds is 2. The molecule has 0 aliphatic heterocycles. The summed E-state index contributed by atoms with van der Waals surface area (Å²) in [5.41, 5.74) is 0.880. The molecule has 0 unspecified atom stereocenters. The second kappa shape index (κ2) is 4.14. The molecule has 0 bridgehead atoms. The summed E-state index contributed by atoms with van der Waals surface area (Å²) in [6.07, 6.45) is 0. The highest BCUT2D eigenvalue weighted by Crippen LogP contribution is 2.27. The van der Waals surface area contributed by atoms with Gasteiger partial charge in [0.25, 0.3) is 0 Å². The van der Waals surface area contributed by atoms with E-state index in [-0.39, 0.29) is 23.4 Å². The summed E-state index contributed by atoms with van der Waals surface area (Å²) in [4.78, 5) is 25.4. The van der Waals surface area contributed by atoms with Crippen LogP contribution in [-0.4, -0.2) is 42.2 Å². The van der Waals surface area contributed by atoms with Crippen molar-refractivity contribution in [3.8, 4) is 0 Å². The van der Waals surface area contributed by atoms with Crippen LogP contribution in [0.4, 0.5) is 0 Å². The Kier molecular flexibility index (Phi) is 2.81. The highest BCUT2D eigenvalue weighted by molar-refractivity contribution is 6.52. The third kappa shape index (κ3) is 1.87. The van der Waals surface area contributed by atoms with E-state index in [1.807, 2.05) is 0 Å². The van der Waals surface area contributed by atoms with Crippen molar-refractivity contribution in [1.82, 2.24) is 4.90 Å². The van der Waals surface area contributed by atoms with Crippen LogP contribution in [-0.2, 0) is 4.79 Å². The van der Waals surface area contributed by atoms with Crippen LogP contribution in [0, 0.1) is 0 Å². The normalized spacial score (nSPS) is 15.5. The molecule has 0 saturated heterocycles. The van der Waals surface area contributed by atoms with E-state index in [0.717, 1.165) is 0 Å². The lowest BCUT2D eigenvalue weighted by Crippen LogP contribution is -2.30. The van der Waals surface area contributed by atoms with E-state index in [4.69, 9.17) is 0 Å². The number of carbonyl (C=O) groups excluding carboxylic acids is 2. The molecule has 0 atom stereocenters. The summed E-state index contributed by atoms with van der Waals surface area (Å²) in [5.74, 6) is -1.25. The van der Waals surface area contributed by atoms with Crippen molar-refractivity contribution in [2.45, 2.75) is 0 Å². The van der Waals surface area contributed by atoms with Crippen LogP contribution in [0.15, 0.2) is 29.8 Å². The van der Waals surface area contributed by atoms with E-state index in [9.17, 15) is 14.7 Å². The fraction of sp³-hybridized carbons (Fsp3) is 0.231. The van der Waals surface area contributed by atoms with Crippen LogP contribution in [0.3, 0.4) is 0 Å². The number of aliphatic hydroxyl groups is 1. The lowest BCUT2D eigenvalue weighted by Gasteiger charge is -2.19. The van der Waals surface area contributed by atoms with Crippen molar-refractivity contribution in [3.05, 3.63) is 41.0 Å². The van der Waals surface area contributed by atoms with Crippen LogP contribution < -0.4 is 0 Å². The van der Waals surface area contributed by atoms with Gasteiger partial charge < -0.3 is 10.0 Å². The molecule has 0 radical (unpaired) electrons. The number of ketones is 2. The molecule has 0 saturated carbocycles. The van der Waals surface area contributed by atoms with Gasteiger partial charge in [-0.2, -0.15) is 0 Å². The molecule has 4 heteroatoms. The number of Topliss-reactive ketones (excluding diaryl/α,β-unsaturated/α-hetero) is 2. The number of likely N-dealkylation sites (N-methyl/N-ethyl adjacent to an activating group) is 1. The van der Waals surface area contributed by atoms with Crippen molar-refractivity contribution in [1.29, 1.82) is 0 Å². The molecule has 88 valence electrons. The van der Waals surface area contributed by atoms with E-state index in [1.165, 1.54) is 0 Å². The average Bonchev–Trinajstić information content (AvgIpc) is 2.31. The summed E-state index contributed by atoms with van der Waals surface area (Å²) in [5, 5.41) is 10.0. The van der Waals surface area contributed by atoms with E-state index in [1.54, 1.807) is 43.3 Å². The fourth-order valence-corrected chi connectivity index (χ4v) is 1.88. The Morgan fingerprint density at radius 1 is 1.06 bits per heavy atom. The Morgan fingerprint density at radius 2 is 1.65 bits per heavy atom. The minimum atomic E-state index is -0.616. The van der Waals surface area contributed by atoms with Gasteiger partial charge in [0, 0.05) is 17.7 Å². The Hall–Kier alpha value is -1.94. The van der Waals surface area contributed by atoms with Gasteiger partial charge in [0.2, 0.25) is 11.6 Å². The maximum absolute atomic E-state index is 11.8. The van der Waals surface area contributed by atoms with Crippen molar-refractivity contribution in [2.75, 3.05) is 20.6 Å². The van der Waals surface area contributed by atoms with Crippen LogP contribution in [0.25, 0.3) is 5.76 Å². The number of nitrogens with zero attached hydrogens (tertiary/aromatic N) is 1. The molecule has 0 aromatic heterocycles.